The van der Waals surface area contributed by atoms with E-state index in [1.807, 2.05) is 21.9 Å². The highest BCUT2D eigenvalue weighted by Crippen LogP contribution is 2.35. The van der Waals surface area contributed by atoms with Crippen molar-refractivity contribution in [2.75, 3.05) is 111 Å². The zero-order valence-electron chi connectivity index (χ0n) is 34.8. The van der Waals surface area contributed by atoms with Gasteiger partial charge in [0.15, 0.2) is 0 Å². The average Bonchev–Trinajstić information content (AvgIpc) is 3.22. The molecule has 3 aromatic rings. The molecule has 0 saturated carbocycles. The third kappa shape index (κ3) is 17.4. The minimum absolute atomic E-state index is 0.0166. The normalized spacial score (nSPS) is 16.7. The number of aliphatic carboxylic acids is 2. The van der Waals surface area contributed by atoms with Gasteiger partial charge >= 0.3 is 11.9 Å². The van der Waals surface area contributed by atoms with E-state index < -0.39 is 18.0 Å². The summed E-state index contributed by atoms with van der Waals surface area (Å²) in [6.07, 6.45) is 2.30. The second-order valence-electron chi connectivity index (χ2n) is 14.9. The first kappa shape index (κ1) is 46.5. The number of rotatable bonds is 21. The molecule has 0 spiro atoms. The van der Waals surface area contributed by atoms with Crippen LogP contribution < -0.4 is 10.1 Å². The molecule has 1 aliphatic rings. The van der Waals surface area contributed by atoms with Gasteiger partial charge in [-0.25, -0.2) is 0 Å². The minimum Gasteiger partial charge on any atom is -0.492 e. The monoisotopic (exact) mass is 802 g/mol. The minimum atomic E-state index is -0.857. The van der Waals surface area contributed by atoms with Crippen LogP contribution in [-0.2, 0) is 14.3 Å². The Morgan fingerprint density at radius 3 is 1.95 bits per heavy atom. The third-order valence-corrected chi connectivity index (χ3v) is 10.5. The van der Waals surface area contributed by atoms with Crippen molar-refractivity contribution >= 4 is 23.1 Å². The largest absolute Gasteiger partial charge is 0.492 e. The number of allylic oxidation sites excluding steroid dienone is 1. The van der Waals surface area contributed by atoms with Crippen LogP contribution in [0, 0.1) is 0 Å². The van der Waals surface area contributed by atoms with Gasteiger partial charge in [-0.2, -0.15) is 0 Å². The van der Waals surface area contributed by atoms with E-state index in [0.29, 0.717) is 65.6 Å². The topological polar surface area (TPSA) is 138 Å². The molecule has 0 amide bonds. The van der Waals surface area contributed by atoms with Crippen molar-refractivity contribution in [1.29, 1.82) is 0 Å². The van der Waals surface area contributed by atoms with Gasteiger partial charge in [0.05, 0.1) is 25.8 Å². The predicted octanol–water partition coefficient (Wildman–Crippen LogP) is 4.98. The van der Waals surface area contributed by atoms with Gasteiger partial charge in [0.1, 0.15) is 12.4 Å². The van der Waals surface area contributed by atoms with Gasteiger partial charge < -0.3 is 35.0 Å². The fourth-order valence-electron chi connectivity index (χ4n) is 7.45. The van der Waals surface area contributed by atoms with Gasteiger partial charge in [-0.05, 0) is 98.4 Å². The Kier molecular flexibility index (Phi) is 21.5. The number of hydrogen-bond donors (Lipinski definition) is 4. The summed E-state index contributed by atoms with van der Waals surface area (Å²) in [5.74, 6) is -0.854. The predicted molar refractivity (Wildman–Crippen MR) is 231 cm³/mol. The molecule has 1 saturated heterocycles. The lowest BCUT2D eigenvalue weighted by Gasteiger charge is -2.30. The fraction of sp³-hybridized carbons (Fsp3) is 0.522. The van der Waals surface area contributed by atoms with Crippen LogP contribution in [-0.4, -0.2) is 164 Å². The van der Waals surface area contributed by atoms with E-state index in [0.717, 1.165) is 74.3 Å². The highest BCUT2D eigenvalue weighted by Gasteiger charge is 2.19. The first-order chi connectivity index (χ1) is 28.2. The Morgan fingerprint density at radius 1 is 0.707 bits per heavy atom. The number of ether oxygens (including phenoxy) is 2. The molecular weight excluding hydrogens is 735 g/mol. The van der Waals surface area contributed by atoms with Crippen LogP contribution in [0.25, 0.3) is 11.1 Å². The second kappa shape index (κ2) is 26.8. The van der Waals surface area contributed by atoms with E-state index in [-0.39, 0.29) is 19.7 Å². The molecule has 58 heavy (non-hydrogen) atoms. The average molecular weight is 802 g/mol. The van der Waals surface area contributed by atoms with E-state index in [4.69, 9.17) is 9.47 Å². The summed E-state index contributed by atoms with van der Waals surface area (Å²) >= 11 is 0. The molecule has 1 atom stereocenters. The smallest absolute Gasteiger partial charge is 0.317 e. The van der Waals surface area contributed by atoms with Crippen LogP contribution in [0.5, 0.6) is 5.75 Å². The maximum Gasteiger partial charge on any atom is 0.317 e. The van der Waals surface area contributed by atoms with Crippen molar-refractivity contribution in [2.24, 2.45) is 0 Å². The molecule has 318 valence electrons. The molecule has 0 aliphatic carbocycles. The number of nitrogens with zero attached hydrogens (tertiary/aromatic N) is 4. The number of benzene rings is 3. The van der Waals surface area contributed by atoms with Gasteiger partial charge in [-0.15, -0.1) is 0 Å². The number of carbonyl (C=O) groups is 2. The van der Waals surface area contributed by atoms with Crippen LogP contribution in [0.3, 0.4) is 0 Å². The molecule has 1 heterocycles. The van der Waals surface area contributed by atoms with Crippen LogP contribution >= 0.6 is 0 Å². The Balaban J connectivity index is 1.41. The molecular formula is C46H67N5O7. The van der Waals surface area contributed by atoms with Gasteiger partial charge in [-0.3, -0.25) is 24.3 Å². The van der Waals surface area contributed by atoms with Crippen molar-refractivity contribution in [3.05, 3.63) is 102 Å². The number of carboxylic acids is 2. The lowest BCUT2D eigenvalue weighted by molar-refractivity contribution is -0.139. The number of β-amino-alcohol motifs (C(OH)–C–C–N with tert-alkyl or cyclic N) is 1. The summed E-state index contributed by atoms with van der Waals surface area (Å²) in [7, 11) is 0. The summed E-state index contributed by atoms with van der Waals surface area (Å²) in [6, 6.07) is 29.4. The molecule has 3 aromatic carbocycles. The first-order valence-electron chi connectivity index (χ1n) is 21.1. The Morgan fingerprint density at radius 2 is 1.29 bits per heavy atom. The number of carboxylic acid groups (broad SMARTS) is 2. The summed E-state index contributed by atoms with van der Waals surface area (Å²) in [5.41, 5.74) is 5.78. The molecule has 0 bridgehead atoms. The number of aliphatic hydroxyl groups is 1. The van der Waals surface area contributed by atoms with Crippen LogP contribution in [0.1, 0.15) is 56.2 Å². The summed E-state index contributed by atoms with van der Waals surface area (Å²) < 4.78 is 12.2. The molecule has 1 aliphatic heterocycles. The van der Waals surface area contributed by atoms with Crippen LogP contribution in [0.4, 0.5) is 0 Å². The Bertz CT molecular complexity index is 1620. The maximum atomic E-state index is 11.6. The maximum absolute atomic E-state index is 11.6. The lowest BCUT2D eigenvalue weighted by atomic mass is 9.87. The molecule has 0 radical (unpaired) electrons. The number of aliphatic hydroxyl groups excluding tert-OH is 1. The van der Waals surface area contributed by atoms with E-state index in [2.05, 4.69) is 102 Å². The summed E-state index contributed by atoms with van der Waals surface area (Å²) in [6.45, 7) is 13.9. The van der Waals surface area contributed by atoms with Crippen LogP contribution in [0.2, 0.25) is 0 Å². The number of nitrogens with one attached hydrogen (secondary N) is 1. The molecule has 4 rings (SSSR count). The van der Waals surface area contributed by atoms with E-state index in [9.17, 15) is 24.9 Å². The van der Waals surface area contributed by atoms with Crippen molar-refractivity contribution in [1.82, 2.24) is 24.9 Å². The summed E-state index contributed by atoms with van der Waals surface area (Å²) in [4.78, 5) is 31.5. The zero-order chi connectivity index (χ0) is 41.4. The van der Waals surface area contributed by atoms with Crippen molar-refractivity contribution in [3.8, 4) is 5.75 Å². The fourth-order valence-corrected chi connectivity index (χ4v) is 7.45. The summed E-state index contributed by atoms with van der Waals surface area (Å²) in [5, 5.41) is 33.5. The van der Waals surface area contributed by atoms with Gasteiger partial charge in [0, 0.05) is 52.4 Å². The molecule has 12 heteroatoms. The highest BCUT2D eigenvalue weighted by atomic mass is 16.5. The molecule has 12 nitrogen and oxygen atoms in total. The number of likely N-dealkylation sites (N-methyl/N-ethyl adjacent to an activating group) is 1. The zero-order valence-corrected chi connectivity index (χ0v) is 34.8. The van der Waals surface area contributed by atoms with E-state index in [1.165, 1.54) is 11.1 Å². The van der Waals surface area contributed by atoms with E-state index in [1.54, 1.807) is 0 Å². The lowest BCUT2D eigenvalue weighted by Crippen LogP contribution is -2.44. The van der Waals surface area contributed by atoms with Crippen molar-refractivity contribution in [2.45, 2.75) is 45.6 Å². The third-order valence-electron chi connectivity index (χ3n) is 10.5. The quantitative estimate of drug-likeness (QED) is 0.0855. The van der Waals surface area contributed by atoms with Crippen LogP contribution in [0.15, 0.2) is 84.9 Å². The standard InChI is InChI=1S/C46H67N5O7/c1-3-48(4-2)31-33-58-42-21-19-40(20-22-42)46(39-16-9-6-10-17-39)43(38-14-7-5-8-15-38)18-11-32-57-37-41(52)34-50-27-13-26-49(35-44(53)54)28-24-47-23-12-25-51(30-29-50)36-45(55)56/h5-10,14-17,19-22,41,47,52H,3-4,11-13,18,23-37H2,1-2H3,(H,53,54)(H,55,56)/b46-43-. The molecule has 4 N–H and O–H groups in total. The Labute approximate surface area is 346 Å². The first-order valence-corrected chi connectivity index (χ1v) is 21.1. The SMILES string of the molecule is CCN(CC)CCOc1ccc(/C(=C(/CCCOCC(O)CN2CCCN(CC(=O)O)CCNCCCN(CC(=O)O)CC2)c2ccccc2)c2ccccc2)cc1. The number of hydrogen-bond acceptors (Lipinski definition) is 10. The molecule has 1 unspecified atom stereocenters. The van der Waals surface area contributed by atoms with Crippen molar-refractivity contribution in [3.63, 3.8) is 0 Å². The molecule has 0 aromatic heterocycles. The Hall–Kier alpha value is -4.14. The van der Waals surface area contributed by atoms with E-state index >= 15 is 0 Å². The second-order valence-corrected chi connectivity index (χ2v) is 14.9. The van der Waals surface area contributed by atoms with Gasteiger partial charge in [0.2, 0.25) is 0 Å². The molecule has 1 fully saturated rings. The van der Waals surface area contributed by atoms with Crippen molar-refractivity contribution < 1.29 is 34.4 Å². The van der Waals surface area contributed by atoms with Gasteiger partial charge in [-0.1, -0.05) is 86.6 Å². The van der Waals surface area contributed by atoms with Gasteiger partial charge in [0.25, 0.3) is 0 Å². The highest BCUT2D eigenvalue weighted by molar-refractivity contribution is 5.98.